The molecule has 0 bridgehead atoms. The smallest absolute Gasteiger partial charge is 0.191 e. The minimum atomic E-state index is -0.178. The molecule has 1 saturated carbocycles. The predicted molar refractivity (Wildman–Crippen MR) is 95.8 cm³/mol. The molecule has 0 radical (unpaired) electrons. The third-order valence-electron chi connectivity index (χ3n) is 4.64. The van der Waals surface area contributed by atoms with Gasteiger partial charge in [0.25, 0.3) is 0 Å². The minimum Gasteiger partial charge on any atom is -0.357 e. The Kier molecular flexibility index (Phi) is 5.31. The van der Waals surface area contributed by atoms with Gasteiger partial charge in [0, 0.05) is 25.0 Å². The van der Waals surface area contributed by atoms with Gasteiger partial charge in [-0.2, -0.15) is 0 Å². The molecule has 1 heterocycles. The highest BCUT2D eigenvalue weighted by Gasteiger charge is 2.44. The number of hydrogen-bond donors (Lipinski definition) is 2. The number of nitrogens with one attached hydrogen (secondary N) is 2. The van der Waals surface area contributed by atoms with Crippen LogP contribution in [-0.4, -0.2) is 33.8 Å². The zero-order valence-electron chi connectivity index (χ0n) is 14.8. The highest BCUT2D eigenvalue weighted by Crippen LogP contribution is 2.47. The van der Waals surface area contributed by atoms with E-state index in [0.717, 1.165) is 49.8 Å². The van der Waals surface area contributed by atoms with E-state index in [0.29, 0.717) is 6.54 Å². The summed E-state index contributed by atoms with van der Waals surface area (Å²) < 4.78 is 15.5. The SMILES string of the molecule is CCNC(=NCc1nncn1CC)NCC1(c2cccc(F)c2)CC1. The largest absolute Gasteiger partial charge is 0.357 e. The van der Waals surface area contributed by atoms with Crippen LogP contribution in [0, 0.1) is 5.82 Å². The first-order valence-corrected chi connectivity index (χ1v) is 8.82. The first-order valence-electron chi connectivity index (χ1n) is 8.82. The van der Waals surface area contributed by atoms with Crippen molar-refractivity contribution in [2.75, 3.05) is 13.1 Å². The van der Waals surface area contributed by atoms with Crippen molar-refractivity contribution >= 4 is 5.96 Å². The molecule has 0 saturated heterocycles. The Morgan fingerprint density at radius 3 is 2.84 bits per heavy atom. The molecule has 0 amide bonds. The average molecular weight is 344 g/mol. The van der Waals surface area contributed by atoms with Gasteiger partial charge in [0.05, 0.1) is 0 Å². The summed E-state index contributed by atoms with van der Waals surface area (Å²) >= 11 is 0. The maximum Gasteiger partial charge on any atom is 0.191 e. The molecular weight excluding hydrogens is 319 g/mol. The van der Waals surface area contributed by atoms with Gasteiger partial charge in [0.1, 0.15) is 18.7 Å². The van der Waals surface area contributed by atoms with Crippen LogP contribution < -0.4 is 10.6 Å². The van der Waals surface area contributed by atoms with Gasteiger partial charge in [-0.1, -0.05) is 12.1 Å². The van der Waals surface area contributed by atoms with Crippen LogP contribution in [0.4, 0.5) is 4.39 Å². The summed E-state index contributed by atoms with van der Waals surface area (Å²) in [5.74, 6) is 1.41. The first-order chi connectivity index (χ1) is 12.2. The van der Waals surface area contributed by atoms with Gasteiger partial charge in [0.15, 0.2) is 11.8 Å². The van der Waals surface area contributed by atoms with Crippen LogP contribution in [0.25, 0.3) is 0 Å². The van der Waals surface area contributed by atoms with E-state index in [-0.39, 0.29) is 11.2 Å². The van der Waals surface area contributed by atoms with Gasteiger partial charge in [-0.15, -0.1) is 10.2 Å². The number of rotatable bonds is 7. The molecule has 3 rings (SSSR count). The maximum absolute atomic E-state index is 13.5. The fraction of sp³-hybridized carbons (Fsp3) is 0.500. The lowest BCUT2D eigenvalue weighted by atomic mass is 9.96. The Bertz CT molecular complexity index is 735. The van der Waals surface area contributed by atoms with E-state index in [9.17, 15) is 4.39 Å². The highest BCUT2D eigenvalue weighted by atomic mass is 19.1. The normalized spacial score (nSPS) is 15.9. The highest BCUT2D eigenvalue weighted by molar-refractivity contribution is 5.79. The molecule has 2 aromatic rings. The molecule has 1 aliphatic rings. The number of benzene rings is 1. The van der Waals surface area contributed by atoms with Crippen molar-refractivity contribution in [1.82, 2.24) is 25.4 Å². The Morgan fingerprint density at radius 1 is 1.32 bits per heavy atom. The molecule has 2 N–H and O–H groups in total. The summed E-state index contributed by atoms with van der Waals surface area (Å²) in [5, 5.41) is 14.7. The van der Waals surface area contributed by atoms with Gasteiger partial charge < -0.3 is 15.2 Å². The third-order valence-corrected chi connectivity index (χ3v) is 4.64. The third kappa shape index (κ3) is 4.15. The number of aryl methyl sites for hydroxylation is 1. The van der Waals surface area contributed by atoms with Crippen molar-refractivity contribution in [2.24, 2.45) is 4.99 Å². The van der Waals surface area contributed by atoms with Crippen LogP contribution in [0.2, 0.25) is 0 Å². The van der Waals surface area contributed by atoms with Gasteiger partial charge >= 0.3 is 0 Å². The van der Waals surface area contributed by atoms with E-state index in [2.05, 4.69) is 32.7 Å². The van der Waals surface area contributed by atoms with Crippen LogP contribution in [-0.2, 0) is 18.5 Å². The topological polar surface area (TPSA) is 67.1 Å². The van der Waals surface area contributed by atoms with E-state index in [4.69, 9.17) is 0 Å². The summed E-state index contributed by atoms with van der Waals surface area (Å²) in [7, 11) is 0. The van der Waals surface area contributed by atoms with Gasteiger partial charge in [-0.05, 0) is 44.4 Å². The number of halogens is 1. The zero-order chi connectivity index (χ0) is 17.7. The summed E-state index contributed by atoms with van der Waals surface area (Å²) in [6, 6.07) is 6.91. The lowest BCUT2D eigenvalue weighted by Crippen LogP contribution is -2.41. The van der Waals surface area contributed by atoms with Crippen molar-refractivity contribution < 1.29 is 4.39 Å². The van der Waals surface area contributed by atoms with E-state index in [1.807, 2.05) is 17.6 Å². The number of nitrogens with zero attached hydrogens (tertiary/aromatic N) is 4. The summed E-state index contributed by atoms with van der Waals surface area (Å²) in [6.07, 6.45) is 3.84. The molecule has 7 heteroatoms. The van der Waals surface area contributed by atoms with Crippen LogP contribution >= 0.6 is 0 Å². The Hall–Kier alpha value is -2.44. The second-order valence-electron chi connectivity index (χ2n) is 6.37. The predicted octanol–water partition coefficient (Wildman–Crippen LogP) is 2.22. The maximum atomic E-state index is 13.5. The van der Waals surface area contributed by atoms with Crippen molar-refractivity contribution in [1.29, 1.82) is 0 Å². The quantitative estimate of drug-likeness (QED) is 0.597. The first kappa shape index (κ1) is 17.4. The average Bonchev–Trinajstić information content (AvgIpc) is 3.27. The summed E-state index contributed by atoms with van der Waals surface area (Å²) in [5.41, 5.74) is 1.07. The van der Waals surface area contributed by atoms with Gasteiger partial charge in [0.2, 0.25) is 0 Å². The molecule has 0 atom stereocenters. The molecule has 0 spiro atoms. The lowest BCUT2D eigenvalue weighted by Gasteiger charge is -2.19. The van der Waals surface area contributed by atoms with E-state index >= 15 is 0 Å². The fourth-order valence-electron chi connectivity index (χ4n) is 2.95. The molecule has 134 valence electrons. The van der Waals surface area contributed by atoms with Crippen LogP contribution in [0.5, 0.6) is 0 Å². The van der Waals surface area contributed by atoms with Crippen molar-refractivity contribution in [3.05, 3.63) is 47.8 Å². The van der Waals surface area contributed by atoms with Crippen molar-refractivity contribution in [3.63, 3.8) is 0 Å². The number of aliphatic imine (C=N–C) groups is 1. The lowest BCUT2D eigenvalue weighted by molar-refractivity contribution is 0.606. The number of aromatic nitrogens is 3. The molecule has 1 aromatic heterocycles. The van der Waals surface area contributed by atoms with E-state index < -0.39 is 0 Å². The number of guanidine groups is 1. The Morgan fingerprint density at radius 2 is 2.16 bits per heavy atom. The van der Waals surface area contributed by atoms with Crippen LogP contribution in [0.3, 0.4) is 0 Å². The van der Waals surface area contributed by atoms with Crippen molar-refractivity contribution in [3.8, 4) is 0 Å². The van der Waals surface area contributed by atoms with Gasteiger partial charge in [-0.3, -0.25) is 0 Å². The fourth-order valence-corrected chi connectivity index (χ4v) is 2.95. The second kappa shape index (κ2) is 7.63. The molecule has 1 aromatic carbocycles. The summed E-state index contributed by atoms with van der Waals surface area (Å²) in [4.78, 5) is 4.60. The minimum absolute atomic E-state index is 0.0156. The van der Waals surface area contributed by atoms with Gasteiger partial charge in [-0.25, -0.2) is 9.38 Å². The Balaban J connectivity index is 1.65. The zero-order valence-corrected chi connectivity index (χ0v) is 14.8. The summed E-state index contributed by atoms with van der Waals surface area (Å²) in [6.45, 7) is 6.89. The number of hydrogen-bond acceptors (Lipinski definition) is 3. The molecular formula is C18H25FN6. The molecule has 6 nitrogen and oxygen atoms in total. The van der Waals surface area contributed by atoms with Crippen LogP contribution in [0.15, 0.2) is 35.6 Å². The molecule has 1 fully saturated rings. The van der Waals surface area contributed by atoms with E-state index in [1.54, 1.807) is 18.5 Å². The second-order valence-corrected chi connectivity index (χ2v) is 6.37. The molecule has 25 heavy (non-hydrogen) atoms. The van der Waals surface area contributed by atoms with Crippen LogP contribution in [0.1, 0.15) is 38.1 Å². The standard InChI is InChI=1S/C18H25FN6/c1-3-20-17(21-11-16-24-23-13-25(16)4-2)22-12-18(8-9-18)14-6-5-7-15(19)10-14/h5-7,10,13H,3-4,8-9,11-12H2,1-2H3,(H2,20,21,22). The van der Waals surface area contributed by atoms with Crippen molar-refractivity contribution in [2.45, 2.75) is 45.2 Å². The van der Waals surface area contributed by atoms with E-state index in [1.165, 1.54) is 6.07 Å². The monoisotopic (exact) mass is 344 g/mol. The molecule has 1 aliphatic carbocycles. The molecule has 0 aliphatic heterocycles. The molecule has 0 unspecified atom stereocenters. The Labute approximate surface area is 147 Å².